The van der Waals surface area contributed by atoms with E-state index in [2.05, 4.69) is 5.32 Å². The number of nitrogens with one attached hydrogen (secondary N) is 2. The van der Waals surface area contributed by atoms with Gasteiger partial charge in [-0.25, -0.2) is 0 Å². The largest absolute Gasteiger partial charge is 0.433 e. The van der Waals surface area contributed by atoms with Crippen molar-refractivity contribution in [3.05, 3.63) is 11.3 Å². The van der Waals surface area contributed by atoms with Gasteiger partial charge in [0, 0.05) is 17.5 Å². The van der Waals surface area contributed by atoms with Crippen molar-refractivity contribution in [2.45, 2.75) is 38.4 Å². The molecule has 0 bridgehead atoms. The van der Waals surface area contributed by atoms with Gasteiger partial charge in [-0.3, -0.25) is 5.41 Å². The zero-order valence-corrected chi connectivity index (χ0v) is 9.83. The first-order valence-corrected chi connectivity index (χ1v) is 5.62. The monoisotopic (exact) mass is 268 g/mol. The van der Waals surface area contributed by atoms with Gasteiger partial charge in [-0.05, 0) is 26.2 Å². The molecule has 2 rings (SSSR count). The Balaban J connectivity index is 2.42. The molecule has 0 spiro atoms. The van der Waals surface area contributed by atoms with E-state index in [4.69, 9.17) is 5.41 Å². The highest BCUT2D eigenvalue weighted by atomic mass is 19.4. The fourth-order valence-electron chi connectivity index (χ4n) is 2.39. The smallest absolute Gasteiger partial charge is 0.381 e. The Hall–Kier alpha value is -1.14. The molecular weight excluding hydrogens is 255 g/mol. The van der Waals surface area contributed by atoms with Crippen LogP contribution in [0.5, 0.6) is 0 Å². The zero-order valence-electron chi connectivity index (χ0n) is 9.83. The lowest BCUT2D eigenvalue weighted by Gasteiger charge is -2.23. The summed E-state index contributed by atoms with van der Waals surface area (Å²) in [4.78, 5) is 0. The van der Waals surface area contributed by atoms with Crippen LogP contribution < -0.4 is 5.32 Å². The summed E-state index contributed by atoms with van der Waals surface area (Å²) >= 11 is 0. The fraction of sp³-hybridized carbons (Fsp3) is 0.727. The molecule has 0 radical (unpaired) electrons. The highest BCUT2D eigenvalue weighted by molar-refractivity contribution is 6.04. The first-order valence-electron chi connectivity index (χ1n) is 5.62. The van der Waals surface area contributed by atoms with Crippen LogP contribution in [-0.2, 0) is 0 Å². The number of halogens is 5. The van der Waals surface area contributed by atoms with Crippen LogP contribution in [0, 0.1) is 17.2 Å². The maximum atomic E-state index is 13.8. The lowest BCUT2D eigenvalue weighted by molar-refractivity contribution is -0.0592. The van der Waals surface area contributed by atoms with Crippen molar-refractivity contribution >= 4 is 5.71 Å². The van der Waals surface area contributed by atoms with Crippen LogP contribution in [0.15, 0.2) is 11.3 Å². The van der Waals surface area contributed by atoms with Crippen LogP contribution >= 0.6 is 0 Å². The molecule has 0 aromatic heterocycles. The average molecular weight is 268 g/mol. The number of rotatable bonds is 3. The van der Waals surface area contributed by atoms with Crippen molar-refractivity contribution in [3.8, 4) is 0 Å². The van der Waals surface area contributed by atoms with Gasteiger partial charge in [0.05, 0.1) is 5.70 Å². The summed E-state index contributed by atoms with van der Waals surface area (Å²) < 4.78 is 65.2. The van der Waals surface area contributed by atoms with E-state index in [1.807, 2.05) is 0 Å². The molecule has 0 amide bonds. The third-order valence-corrected chi connectivity index (χ3v) is 3.22. The van der Waals surface area contributed by atoms with Crippen molar-refractivity contribution < 1.29 is 22.0 Å². The number of hydrogen-bond acceptors (Lipinski definition) is 2. The molecule has 2 aliphatic rings. The normalized spacial score (nSPS) is 29.6. The third kappa shape index (κ3) is 1.89. The lowest BCUT2D eigenvalue weighted by Crippen LogP contribution is -2.36. The zero-order chi connectivity index (χ0) is 13.9. The Morgan fingerprint density at radius 1 is 1.39 bits per heavy atom. The fourth-order valence-corrected chi connectivity index (χ4v) is 2.39. The van der Waals surface area contributed by atoms with Crippen LogP contribution in [-0.4, -0.2) is 23.9 Å². The maximum absolute atomic E-state index is 13.8. The highest BCUT2D eigenvalue weighted by Crippen LogP contribution is 2.63. The second-order valence-corrected chi connectivity index (χ2v) is 5.03. The first-order chi connectivity index (χ1) is 8.06. The lowest BCUT2D eigenvalue weighted by atomic mass is 10.0. The molecule has 0 unspecified atom stereocenters. The Bertz CT molecular complexity index is 422. The minimum Gasteiger partial charge on any atom is -0.381 e. The Kier molecular flexibility index (Phi) is 2.72. The second kappa shape index (κ2) is 3.68. The minimum absolute atomic E-state index is 0.0318. The van der Waals surface area contributed by atoms with E-state index in [0.717, 1.165) is 0 Å². The second-order valence-electron chi connectivity index (χ2n) is 5.03. The molecule has 2 aliphatic carbocycles. The standard InChI is InChI=1S/C11H13F5N2/c1-4(2)18-9-7(8(17)11(14,15)16)5-3-6(5)10(9,12)13/h4-6,17-18H,3H2,1-2H3/t5-,6+/m0/s1. The maximum Gasteiger partial charge on any atom is 0.433 e. The predicted octanol–water partition coefficient (Wildman–Crippen LogP) is 3.11. The highest BCUT2D eigenvalue weighted by Gasteiger charge is 2.67. The summed E-state index contributed by atoms with van der Waals surface area (Å²) in [6.45, 7) is 3.14. The summed E-state index contributed by atoms with van der Waals surface area (Å²) in [5.41, 5.74) is -2.90. The van der Waals surface area contributed by atoms with E-state index in [0.29, 0.717) is 0 Å². The van der Waals surface area contributed by atoms with Crippen LogP contribution in [0.4, 0.5) is 22.0 Å². The van der Waals surface area contributed by atoms with Crippen molar-refractivity contribution in [2.24, 2.45) is 11.8 Å². The van der Waals surface area contributed by atoms with Gasteiger partial charge < -0.3 is 5.32 Å². The number of fused-ring (bicyclic) bond motifs is 1. The molecule has 18 heavy (non-hydrogen) atoms. The summed E-state index contributed by atoms with van der Waals surface area (Å²) in [6.07, 6.45) is -4.85. The number of alkyl halides is 5. The van der Waals surface area contributed by atoms with Crippen molar-refractivity contribution in [3.63, 3.8) is 0 Å². The quantitative estimate of drug-likeness (QED) is 0.598. The summed E-state index contributed by atoms with van der Waals surface area (Å²) in [6, 6.07) is -0.403. The van der Waals surface area contributed by atoms with Gasteiger partial charge in [0.15, 0.2) is 0 Å². The molecule has 1 fully saturated rings. The van der Waals surface area contributed by atoms with Crippen LogP contribution in [0.1, 0.15) is 20.3 Å². The molecule has 1 saturated carbocycles. The van der Waals surface area contributed by atoms with Crippen LogP contribution in [0.2, 0.25) is 0 Å². The van der Waals surface area contributed by atoms with Crippen LogP contribution in [0.3, 0.4) is 0 Å². The predicted molar refractivity (Wildman–Crippen MR) is 55.6 cm³/mol. The van der Waals surface area contributed by atoms with E-state index >= 15 is 0 Å². The topological polar surface area (TPSA) is 35.9 Å². The van der Waals surface area contributed by atoms with Crippen LogP contribution in [0.25, 0.3) is 0 Å². The molecule has 0 aromatic carbocycles. The van der Waals surface area contributed by atoms with Gasteiger partial charge >= 0.3 is 6.18 Å². The summed E-state index contributed by atoms with van der Waals surface area (Å²) in [7, 11) is 0. The molecule has 0 aromatic rings. The number of hydrogen-bond donors (Lipinski definition) is 2. The van der Waals surface area contributed by atoms with E-state index in [-0.39, 0.29) is 6.42 Å². The summed E-state index contributed by atoms with van der Waals surface area (Å²) in [5.74, 6) is -5.17. The number of allylic oxidation sites excluding steroid dienone is 2. The minimum atomic E-state index is -4.88. The van der Waals surface area contributed by atoms with Crippen molar-refractivity contribution in [1.29, 1.82) is 5.41 Å². The molecule has 2 N–H and O–H groups in total. The van der Waals surface area contributed by atoms with E-state index in [9.17, 15) is 22.0 Å². The van der Waals surface area contributed by atoms with Gasteiger partial charge in [-0.1, -0.05) is 0 Å². The van der Waals surface area contributed by atoms with Gasteiger partial charge in [0.2, 0.25) is 0 Å². The van der Waals surface area contributed by atoms with E-state index in [1.165, 1.54) is 0 Å². The molecule has 2 atom stereocenters. The summed E-state index contributed by atoms with van der Waals surface area (Å²) in [5, 5.41) is 9.47. The Labute approximate surface area is 101 Å². The first kappa shape index (κ1) is 13.3. The van der Waals surface area contributed by atoms with E-state index in [1.54, 1.807) is 13.8 Å². The van der Waals surface area contributed by atoms with Crippen molar-refractivity contribution in [1.82, 2.24) is 5.32 Å². The van der Waals surface area contributed by atoms with Crippen molar-refractivity contribution in [2.75, 3.05) is 0 Å². The molecule has 0 aliphatic heterocycles. The average Bonchev–Trinajstić information content (AvgIpc) is 2.90. The molecular formula is C11H13F5N2. The Morgan fingerprint density at radius 3 is 2.39 bits per heavy atom. The Morgan fingerprint density at radius 2 is 1.94 bits per heavy atom. The molecule has 0 heterocycles. The van der Waals surface area contributed by atoms with E-state index < -0.39 is 47.0 Å². The molecule has 2 nitrogen and oxygen atoms in total. The van der Waals surface area contributed by atoms with Gasteiger partial charge in [-0.2, -0.15) is 22.0 Å². The van der Waals surface area contributed by atoms with Gasteiger partial charge in [0.1, 0.15) is 5.71 Å². The van der Waals surface area contributed by atoms with Gasteiger partial charge in [-0.15, -0.1) is 0 Å². The SMILES string of the molecule is CC(C)NC1=C(C(=N)C(F)(F)F)[C@H]2C[C@H]2C1(F)F. The molecule has 7 heteroatoms. The molecule has 0 saturated heterocycles. The third-order valence-electron chi connectivity index (χ3n) is 3.22. The van der Waals surface area contributed by atoms with Gasteiger partial charge in [0.25, 0.3) is 5.92 Å². The molecule has 102 valence electrons.